The highest BCUT2D eigenvalue weighted by atomic mass is 35.5. The number of hydrogen-bond donors (Lipinski definition) is 1. The molecule has 1 unspecified atom stereocenters. The first-order chi connectivity index (χ1) is 17.5. The molecule has 0 heterocycles. The van der Waals surface area contributed by atoms with E-state index in [0.29, 0.717) is 5.02 Å². The lowest BCUT2D eigenvalue weighted by Crippen LogP contribution is -2.52. The van der Waals surface area contributed by atoms with Crippen LogP contribution in [0.5, 0.6) is 0 Å². The molecule has 0 aliphatic heterocycles. The summed E-state index contributed by atoms with van der Waals surface area (Å²) in [5.41, 5.74) is 2.07. The third-order valence-corrected chi connectivity index (χ3v) is 7.93. The normalized spacial score (nSPS) is 12.2. The minimum absolute atomic E-state index is 0.0406. The molecular formula is C28H32ClN3O4S. The first-order valence-corrected chi connectivity index (χ1v) is 13.8. The Morgan fingerprint density at radius 2 is 1.57 bits per heavy atom. The van der Waals surface area contributed by atoms with Crippen molar-refractivity contribution in [2.45, 2.75) is 51.2 Å². The van der Waals surface area contributed by atoms with Crippen molar-refractivity contribution in [3.8, 4) is 0 Å². The first-order valence-electron chi connectivity index (χ1n) is 12.0. The summed E-state index contributed by atoms with van der Waals surface area (Å²) in [6, 6.07) is 20.8. The molecule has 3 rings (SSSR count). The number of anilines is 1. The third-order valence-electron chi connectivity index (χ3n) is 5.91. The molecule has 0 aromatic heterocycles. The maximum Gasteiger partial charge on any atom is 0.264 e. The zero-order valence-electron chi connectivity index (χ0n) is 21.4. The topological polar surface area (TPSA) is 86.8 Å². The zero-order chi connectivity index (χ0) is 27.2. The fraction of sp³-hybridized carbons (Fsp3) is 0.286. The van der Waals surface area contributed by atoms with Gasteiger partial charge in [0.2, 0.25) is 11.8 Å². The lowest BCUT2D eigenvalue weighted by atomic mass is 10.1. The Bertz CT molecular complexity index is 1350. The Balaban J connectivity index is 2.03. The molecule has 37 heavy (non-hydrogen) atoms. The van der Waals surface area contributed by atoms with Gasteiger partial charge >= 0.3 is 0 Å². The van der Waals surface area contributed by atoms with E-state index in [-0.39, 0.29) is 29.1 Å². The number of aryl methyl sites for hydroxylation is 1. The summed E-state index contributed by atoms with van der Waals surface area (Å²) in [5, 5.41) is 3.18. The van der Waals surface area contributed by atoms with Crippen molar-refractivity contribution in [3.05, 3.63) is 95.0 Å². The monoisotopic (exact) mass is 541 g/mol. The van der Waals surface area contributed by atoms with Crippen LogP contribution in [0.1, 0.15) is 31.9 Å². The van der Waals surface area contributed by atoms with Crippen LogP contribution in [-0.2, 0) is 26.2 Å². The Kier molecular flexibility index (Phi) is 9.34. The first kappa shape index (κ1) is 28.2. The van der Waals surface area contributed by atoms with Gasteiger partial charge < -0.3 is 10.2 Å². The smallest absolute Gasteiger partial charge is 0.264 e. The maximum absolute atomic E-state index is 13.8. The molecule has 196 valence electrons. The largest absolute Gasteiger partial charge is 0.352 e. The molecule has 0 aliphatic rings. The lowest BCUT2D eigenvalue weighted by molar-refractivity contribution is -0.139. The van der Waals surface area contributed by atoms with Crippen LogP contribution < -0.4 is 9.62 Å². The van der Waals surface area contributed by atoms with E-state index >= 15 is 0 Å². The van der Waals surface area contributed by atoms with Crippen molar-refractivity contribution < 1.29 is 18.0 Å². The van der Waals surface area contributed by atoms with E-state index in [1.54, 1.807) is 43.3 Å². The fourth-order valence-corrected chi connectivity index (χ4v) is 5.45. The van der Waals surface area contributed by atoms with Crippen molar-refractivity contribution >= 4 is 39.1 Å². The molecule has 0 fully saturated rings. The Hall–Kier alpha value is -3.36. The minimum Gasteiger partial charge on any atom is -0.352 e. The molecule has 0 saturated heterocycles. The van der Waals surface area contributed by atoms with Crippen LogP contribution in [-0.4, -0.2) is 43.8 Å². The van der Waals surface area contributed by atoms with Gasteiger partial charge in [0.05, 0.1) is 10.6 Å². The summed E-state index contributed by atoms with van der Waals surface area (Å²) < 4.78 is 28.4. The summed E-state index contributed by atoms with van der Waals surface area (Å²) in [5.74, 6) is -0.841. The van der Waals surface area contributed by atoms with Gasteiger partial charge in [-0.15, -0.1) is 0 Å². The summed E-state index contributed by atoms with van der Waals surface area (Å²) in [4.78, 5) is 28.2. The number of carbonyl (C=O) groups is 2. The third kappa shape index (κ3) is 7.11. The summed E-state index contributed by atoms with van der Waals surface area (Å²) >= 11 is 6.18. The molecule has 2 amide bonds. The van der Waals surface area contributed by atoms with Gasteiger partial charge in [-0.3, -0.25) is 13.9 Å². The number of benzene rings is 3. The number of amides is 2. The van der Waals surface area contributed by atoms with Crippen LogP contribution in [0.2, 0.25) is 5.02 Å². The van der Waals surface area contributed by atoms with Crippen LogP contribution in [0.4, 0.5) is 5.69 Å². The number of nitrogens with one attached hydrogen (secondary N) is 1. The SMILES string of the molecule is Cc1ccccc1CN(C(=O)CN(c1cccc(Cl)c1)S(=O)(=O)c1ccccc1)C(C)C(=O)NC(C)C. The van der Waals surface area contributed by atoms with Gasteiger partial charge in [0.1, 0.15) is 12.6 Å². The van der Waals surface area contributed by atoms with E-state index in [4.69, 9.17) is 11.6 Å². The molecule has 3 aromatic carbocycles. The highest BCUT2D eigenvalue weighted by Gasteiger charge is 2.32. The minimum atomic E-state index is -4.12. The second-order valence-corrected chi connectivity index (χ2v) is 11.4. The molecule has 0 aliphatic carbocycles. The maximum atomic E-state index is 13.8. The molecule has 1 atom stereocenters. The van der Waals surface area contributed by atoms with Crippen molar-refractivity contribution in [2.24, 2.45) is 0 Å². The van der Waals surface area contributed by atoms with E-state index in [1.807, 2.05) is 45.0 Å². The number of rotatable bonds is 10. The molecule has 0 radical (unpaired) electrons. The standard InChI is InChI=1S/C28H32ClN3O4S/c1-20(2)30-28(34)22(4)31(18-23-12-9-8-11-21(23)3)27(33)19-32(25-14-10-13-24(29)17-25)37(35,36)26-15-6-5-7-16-26/h5-17,20,22H,18-19H2,1-4H3,(H,30,34). The molecule has 9 heteroatoms. The lowest BCUT2D eigenvalue weighted by Gasteiger charge is -2.32. The molecule has 0 bridgehead atoms. The Morgan fingerprint density at radius 3 is 2.19 bits per heavy atom. The van der Waals surface area contributed by atoms with Gasteiger partial charge in [0.25, 0.3) is 10.0 Å². The summed E-state index contributed by atoms with van der Waals surface area (Å²) in [7, 11) is -4.12. The van der Waals surface area contributed by atoms with Gasteiger partial charge in [-0.25, -0.2) is 8.42 Å². The van der Waals surface area contributed by atoms with Gasteiger partial charge in [-0.05, 0) is 69.2 Å². The quantitative estimate of drug-likeness (QED) is 0.400. The summed E-state index contributed by atoms with van der Waals surface area (Å²) in [6.07, 6.45) is 0. The van der Waals surface area contributed by atoms with Crippen LogP contribution in [0, 0.1) is 6.92 Å². The van der Waals surface area contributed by atoms with Gasteiger partial charge in [0.15, 0.2) is 0 Å². The number of halogens is 1. The second kappa shape index (κ2) is 12.3. The van der Waals surface area contributed by atoms with E-state index in [9.17, 15) is 18.0 Å². The van der Waals surface area contributed by atoms with Crippen molar-refractivity contribution in [1.29, 1.82) is 0 Å². The molecule has 1 N–H and O–H groups in total. The van der Waals surface area contributed by atoms with Crippen LogP contribution in [0.15, 0.2) is 83.8 Å². The van der Waals surface area contributed by atoms with E-state index in [0.717, 1.165) is 15.4 Å². The van der Waals surface area contributed by atoms with E-state index < -0.39 is 28.5 Å². The predicted molar refractivity (Wildman–Crippen MR) is 147 cm³/mol. The molecule has 3 aromatic rings. The average Bonchev–Trinajstić information content (AvgIpc) is 2.86. The van der Waals surface area contributed by atoms with Gasteiger partial charge in [0, 0.05) is 17.6 Å². The van der Waals surface area contributed by atoms with Gasteiger partial charge in [-0.1, -0.05) is 60.1 Å². The van der Waals surface area contributed by atoms with Crippen molar-refractivity contribution in [3.63, 3.8) is 0 Å². The average molecular weight is 542 g/mol. The second-order valence-electron chi connectivity index (χ2n) is 9.09. The zero-order valence-corrected chi connectivity index (χ0v) is 23.0. The summed E-state index contributed by atoms with van der Waals surface area (Å²) in [6.45, 7) is 6.88. The number of sulfonamides is 1. The molecular weight excluding hydrogens is 510 g/mol. The Morgan fingerprint density at radius 1 is 0.919 bits per heavy atom. The number of nitrogens with zero attached hydrogens (tertiary/aromatic N) is 2. The fourth-order valence-electron chi connectivity index (χ4n) is 3.84. The van der Waals surface area contributed by atoms with Crippen LogP contribution in [0.25, 0.3) is 0 Å². The Labute approximate surface area is 224 Å². The van der Waals surface area contributed by atoms with Crippen LogP contribution in [0.3, 0.4) is 0 Å². The number of carbonyl (C=O) groups excluding carboxylic acids is 2. The molecule has 0 spiro atoms. The highest BCUT2D eigenvalue weighted by Crippen LogP contribution is 2.27. The van der Waals surface area contributed by atoms with Crippen LogP contribution >= 0.6 is 11.6 Å². The van der Waals surface area contributed by atoms with Gasteiger partial charge in [-0.2, -0.15) is 0 Å². The van der Waals surface area contributed by atoms with Crippen molar-refractivity contribution in [2.75, 3.05) is 10.8 Å². The highest BCUT2D eigenvalue weighted by molar-refractivity contribution is 7.92. The number of hydrogen-bond acceptors (Lipinski definition) is 4. The van der Waals surface area contributed by atoms with E-state index in [2.05, 4.69) is 5.32 Å². The van der Waals surface area contributed by atoms with E-state index in [1.165, 1.54) is 23.1 Å². The predicted octanol–water partition coefficient (Wildman–Crippen LogP) is 4.79. The molecule has 0 saturated carbocycles. The van der Waals surface area contributed by atoms with Crippen molar-refractivity contribution in [1.82, 2.24) is 10.2 Å². The molecule has 7 nitrogen and oxygen atoms in total.